The summed E-state index contributed by atoms with van der Waals surface area (Å²) < 4.78 is 0. The minimum atomic E-state index is -0.971. The lowest BCUT2D eigenvalue weighted by Gasteiger charge is -2.13. The average molecular weight is 198 g/mol. The molecule has 3 N–H and O–H groups in total. The third-order valence-electron chi connectivity index (χ3n) is 2.05. The largest absolute Gasteiger partial charge is 0.480 e. The Morgan fingerprint density at radius 3 is 2.64 bits per heavy atom. The van der Waals surface area contributed by atoms with Crippen LogP contribution in [0.2, 0.25) is 0 Å². The molecule has 1 atom stereocenters. The Morgan fingerprint density at radius 1 is 1.57 bits per heavy atom. The molecule has 5 nitrogen and oxygen atoms in total. The van der Waals surface area contributed by atoms with E-state index in [0.29, 0.717) is 6.54 Å². The van der Waals surface area contributed by atoms with Crippen molar-refractivity contribution in [3.05, 3.63) is 12.7 Å². The van der Waals surface area contributed by atoms with E-state index in [2.05, 4.69) is 17.2 Å². The van der Waals surface area contributed by atoms with Gasteiger partial charge in [0, 0.05) is 6.54 Å². The number of nitrogens with one attached hydrogen (secondary N) is 2. The molecule has 0 spiro atoms. The lowest BCUT2D eigenvalue weighted by Crippen LogP contribution is -2.47. The molecule has 5 heteroatoms. The quantitative estimate of drug-likeness (QED) is 0.557. The molecule has 78 valence electrons. The van der Waals surface area contributed by atoms with Crippen LogP contribution in [0.3, 0.4) is 0 Å². The molecule has 0 aromatic rings. The van der Waals surface area contributed by atoms with Crippen molar-refractivity contribution >= 4 is 12.0 Å². The summed E-state index contributed by atoms with van der Waals surface area (Å²) in [4.78, 5) is 21.8. The van der Waals surface area contributed by atoms with Crippen LogP contribution in [-0.4, -0.2) is 29.7 Å². The summed E-state index contributed by atoms with van der Waals surface area (Å²) in [7, 11) is 0. The van der Waals surface area contributed by atoms with Gasteiger partial charge in [0.1, 0.15) is 6.04 Å². The molecular formula is C9H14N2O3. The topological polar surface area (TPSA) is 78.4 Å². The van der Waals surface area contributed by atoms with Crippen molar-refractivity contribution in [1.29, 1.82) is 0 Å². The number of carbonyl (C=O) groups is 2. The molecule has 1 aliphatic carbocycles. The molecule has 0 bridgehead atoms. The normalized spacial score (nSPS) is 16.9. The summed E-state index contributed by atoms with van der Waals surface area (Å²) in [5, 5.41) is 13.7. The molecule has 0 heterocycles. The zero-order chi connectivity index (χ0) is 10.6. The summed E-state index contributed by atoms with van der Waals surface area (Å²) in [5.41, 5.74) is 0. The Morgan fingerprint density at radius 2 is 2.21 bits per heavy atom. The molecule has 1 rings (SSSR count). The summed E-state index contributed by atoms with van der Waals surface area (Å²) in [5.74, 6) is -0.872. The van der Waals surface area contributed by atoms with Crippen LogP contribution in [0, 0.1) is 5.92 Å². The maximum Gasteiger partial charge on any atom is 0.326 e. The van der Waals surface area contributed by atoms with E-state index < -0.39 is 18.0 Å². The monoisotopic (exact) mass is 198 g/mol. The number of urea groups is 1. The summed E-state index contributed by atoms with van der Waals surface area (Å²) in [6, 6.07) is -1.20. The molecule has 0 aliphatic heterocycles. The van der Waals surface area contributed by atoms with Crippen LogP contribution >= 0.6 is 0 Å². The second-order valence-corrected chi connectivity index (χ2v) is 3.30. The first kappa shape index (κ1) is 10.6. The van der Waals surface area contributed by atoms with Gasteiger partial charge in [-0.2, -0.15) is 0 Å². The third-order valence-corrected chi connectivity index (χ3v) is 2.05. The number of rotatable bonds is 5. The van der Waals surface area contributed by atoms with E-state index >= 15 is 0 Å². The maximum atomic E-state index is 11.1. The number of carboxylic acids is 1. The minimum absolute atomic E-state index is 0.0991. The lowest BCUT2D eigenvalue weighted by atomic mass is 10.2. The van der Waals surface area contributed by atoms with Crippen LogP contribution in [0.5, 0.6) is 0 Å². The van der Waals surface area contributed by atoms with Gasteiger partial charge in [0.2, 0.25) is 0 Å². The van der Waals surface area contributed by atoms with Crippen LogP contribution in [0.25, 0.3) is 0 Å². The van der Waals surface area contributed by atoms with Crippen LogP contribution < -0.4 is 10.6 Å². The Bertz CT molecular complexity index is 248. The molecule has 1 saturated carbocycles. The molecule has 0 aromatic heterocycles. The highest BCUT2D eigenvalue weighted by Gasteiger charge is 2.37. The standard InChI is InChI=1S/C9H14N2O3/c1-2-5-10-9(14)11-7(8(12)13)6-3-4-6/h2,6-7H,1,3-5H2,(H,12,13)(H2,10,11,14). The molecular weight excluding hydrogens is 184 g/mol. The summed E-state index contributed by atoms with van der Waals surface area (Å²) in [6.45, 7) is 3.77. The number of carbonyl (C=O) groups excluding carboxylic acids is 1. The Labute approximate surface area is 82.2 Å². The Kier molecular flexibility index (Phi) is 3.50. The highest BCUT2D eigenvalue weighted by atomic mass is 16.4. The lowest BCUT2D eigenvalue weighted by molar-refractivity contribution is -0.139. The SMILES string of the molecule is C=CCNC(=O)NC(C(=O)O)C1CC1. The van der Waals surface area contributed by atoms with Gasteiger partial charge in [0.25, 0.3) is 0 Å². The van der Waals surface area contributed by atoms with Gasteiger partial charge in [0.05, 0.1) is 0 Å². The molecule has 0 radical (unpaired) electrons. The Hall–Kier alpha value is -1.52. The predicted molar refractivity (Wildman–Crippen MR) is 50.9 cm³/mol. The first-order chi connectivity index (χ1) is 6.65. The molecule has 1 unspecified atom stereocenters. The third kappa shape index (κ3) is 3.08. The minimum Gasteiger partial charge on any atom is -0.480 e. The number of hydrogen-bond acceptors (Lipinski definition) is 2. The molecule has 14 heavy (non-hydrogen) atoms. The fourth-order valence-electron chi connectivity index (χ4n) is 1.17. The van der Waals surface area contributed by atoms with Crippen molar-refractivity contribution in [2.24, 2.45) is 5.92 Å². The van der Waals surface area contributed by atoms with Gasteiger partial charge in [-0.15, -0.1) is 6.58 Å². The van der Waals surface area contributed by atoms with Gasteiger partial charge in [-0.05, 0) is 18.8 Å². The van der Waals surface area contributed by atoms with Crippen molar-refractivity contribution in [1.82, 2.24) is 10.6 Å². The Balaban J connectivity index is 2.34. The maximum absolute atomic E-state index is 11.1. The molecule has 1 aliphatic rings. The molecule has 1 fully saturated rings. The smallest absolute Gasteiger partial charge is 0.326 e. The zero-order valence-corrected chi connectivity index (χ0v) is 7.82. The van der Waals surface area contributed by atoms with E-state index in [-0.39, 0.29) is 5.92 Å². The van der Waals surface area contributed by atoms with E-state index in [9.17, 15) is 9.59 Å². The van der Waals surface area contributed by atoms with E-state index in [1.807, 2.05) is 0 Å². The van der Waals surface area contributed by atoms with Crippen LogP contribution in [0.15, 0.2) is 12.7 Å². The fourth-order valence-corrected chi connectivity index (χ4v) is 1.17. The van der Waals surface area contributed by atoms with Crippen molar-refractivity contribution in [2.75, 3.05) is 6.54 Å². The van der Waals surface area contributed by atoms with E-state index in [4.69, 9.17) is 5.11 Å². The van der Waals surface area contributed by atoms with Crippen LogP contribution in [0.4, 0.5) is 4.79 Å². The van der Waals surface area contributed by atoms with E-state index in [1.54, 1.807) is 0 Å². The fraction of sp³-hybridized carbons (Fsp3) is 0.556. The first-order valence-electron chi connectivity index (χ1n) is 4.53. The highest BCUT2D eigenvalue weighted by Crippen LogP contribution is 2.32. The number of aliphatic carboxylic acids is 1. The average Bonchev–Trinajstić information content (AvgIpc) is 2.93. The van der Waals surface area contributed by atoms with Crippen molar-refractivity contribution in [2.45, 2.75) is 18.9 Å². The van der Waals surface area contributed by atoms with Crippen molar-refractivity contribution < 1.29 is 14.7 Å². The summed E-state index contributed by atoms with van der Waals surface area (Å²) >= 11 is 0. The predicted octanol–water partition coefficient (Wildman–Crippen LogP) is 0.335. The van der Waals surface area contributed by atoms with E-state index in [1.165, 1.54) is 6.08 Å². The van der Waals surface area contributed by atoms with Crippen molar-refractivity contribution in [3.63, 3.8) is 0 Å². The molecule has 0 saturated heterocycles. The van der Waals surface area contributed by atoms with Crippen LogP contribution in [-0.2, 0) is 4.79 Å². The van der Waals surface area contributed by atoms with Gasteiger partial charge in [-0.3, -0.25) is 0 Å². The first-order valence-corrected chi connectivity index (χ1v) is 4.53. The highest BCUT2D eigenvalue weighted by molar-refractivity contribution is 5.83. The zero-order valence-electron chi connectivity index (χ0n) is 7.82. The van der Waals surface area contributed by atoms with E-state index in [0.717, 1.165) is 12.8 Å². The van der Waals surface area contributed by atoms with Gasteiger partial charge in [0.15, 0.2) is 0 Å². The number of amides is 2. The second kappa shape index (κ2) is 4.64. The van der Waals surface area contributed by atoms with Gasteiger partial charge >= 0.3 is 12.0 Å². The van der Waals surface area contributed by atoms with Gasteiger partial charge < -0.3 is 15.7 Å². The number of hydrogen-bond donors (Lipinski definition) is 3. The van der Waals surface area contributed by atoms with Gasteiger partial charge in [-0.25, -0.2) is 9.59 Å². The summed E-state index contributed by atoms with van der Waals surface area (Å²) in [6.07, 6.45) is 3.28. The van der Waals surface area contributed by atoms with Crippen molar-refractivity contribution in [3.8, 4) is 0 Å². The molecule has 2 amide bonds. The second-order valence-electron chi connectivity index (χ2n) is 3.30. The van der Waals surface area contributed by atoms with Gasteiger partial charge in [-0.1, -0.05) is 6.08 Å². The molecule has 0 aromatic carbocycles. The number of carboxylic acid groups (broad SMARTS) is 1. The van der Waals surface area contributed by atoms with Crippen LogP contribution in [0.1, 0.15) is 12.8 Å².